The summed E-state index contributed by atoms with van der Waals surface area (Å²) < 4.78 is 1.50. The van der Waals surface area contributed by atoms with Crippen molar-refractivity contribution in [2.75, 3.05) is 11.1 Å². The minimum absolute atomic E-state index is 0.177. The molecule has 0 saturated carbocycles. The molecule has 2 aromatic heterocycles. The summed E-state index contributed by atoms with van der Waals surface area (Å²) in [5.74, 6) is 0.383. The molecule has 0 radical (unpaired) electrons. The van der Waals surface area contributed by atoms with Gasteiger partial charge in [-0.15, -0.1) is 0 Å². The molecule has 0 amide bonds. The monoisotopic (exact) mass is 377 g/mol. The van der Waals surface area contributed by atoms with E-state index in [1.807, 2.05) is 30.3 Å². The fraction of sp³-hybridized carbons (Fsp3) is 0.0500. The number of anilines is 3. The predicted octanol–water partition coefficient (Wildman–Crippen LogP) is 3.97. The van der Waals surface area contributed by atoms with Crippen molar-refractivity contribution in [1.82, 2.24) is 14.5 Å². The van der Waals surface area contributed by atoms with Gasteiger partial charge in [-0.05, 0) is 30.3 Å². The third-order valence-corrected chi connectivity index (χ3v) is 4.58. The van der Waals surface area contributed by atoms with Crippen LogP contribution in [0.1, 0.15) is 0 Å². The number of hydrogen-bond acceptors (Lipinski definition) is 5. The molecule has 6 nitrogen and oxygen atoms in total. The van der Waals surface area contributed by atoms with Crippen molar-refractivity contribution in [3.05, 3.63) is 76.2 Å². The highest BCUT2D eigenvalue weighted by molar-refractivity contribution is 6.33. The standard InChI is InChI=1S/C20H16ClN5O/c1-26-18-12(9-16(19(26)27)15-7-2-3-8-17(15)21)11-23-20(25-18)24-14-6-4-5-13(22)10-14/h2-11H,22H2,1H3,(H,23,24,25). The number of fused-ring (bicyclic) bond motifs is 1. The number of aryl methyl sites for hydroxylation is 1. The van der Waals surface area contributed by atoms with Gasteiger partial charge in [0, 0.05) is 46.2 Å². The Bertz CT molecular complexity index is 1220. The van der Waals surface area contributed by atoms with Crippen molar-refractivity contribution in [3.63, 3.8) is 0 Å². The van der Waals surface area contributed by atoms with Gasteiger partial charge in [0.2, 0.25) is 5.95 Å². The summed E-state index contributed by atoms with van der Waals surface area (Å²) in [6.45, 7) is 0. The third-order valence-electron chi connectivity index (χ3n) is 4.26. The Morgan fingerprint density at radius 1 is 1.07 bits per heavy atom. The second-order valence-electron chi connectivity index (χ2n) is 6.13. The highest BCUT2D eigenvalue weighted by Crippen LogP contribution is 2.27. The molecular formula is C20H16ClN5O. The molecule has 2 aromatic carbocycles. The number of nitrogens with zero attached hydrogens (tertiary/aromatic N) is 3. The first kappa shape index (κ1) is 17.1. The van der Waals surface area contributed by atoms with E-state index in [4.69, 9.17) is 17.3 Å². The number of nitrogens with one attached hydrogen (secondary N) is 1. The normalized spacial score (nSPS) is 10.9. The minimum Gasteiger partial charge on any atom is -0.399 e. The lowest BCUT2D eigenvalue weighted by Crippen LogP contribution is -2.20. The van der Waals surface area contributed by atoms with E-state index in [2.05, 4.69) is 15.3 Å². The third kappa shape index (κ3) is 3.22. The van der Waals surface area contributed by atoms with Crippen LogP contribution in [0.3, 0.4) is 0 Å². The molecule has 0 atom stereocenters. The Morgan fingerprint density at radius 2 is 1.89 bits per heavy atom. The molecule has 2 heterocycles. The van der Waals surface area contributed by atoms with Gasteiger partial charge in [0.1, 0.15) is 5.65 Å². The minimum atomic E-state index is -0.177. The van der Waals surface area contributed by atoms with Gasteiger partial charge in [0.25, 0.3) is 5.56 Å². The number of nitrogens with two attached hydrogens (primary N) is 1. The van der Waals surface area contributed by atoms with Gasteiger partial charge in [-0.1, -0.05) is 35.9 Å². The molecule has 0 aliphatic heterocycles. The van der Waals surface area contributed by atoms with Gasteiger partial charge in [-0.3, -0.25) is 9.36 Å². The smallest absolute Gasteiger partial charge is 0.259 e. The van der Waals surface area contributed by atoms with Crippen LogP contribution >= 0.6 is 11.6 Å². The lowest BCUT2D eigenvalue weighted by molar-refractivity contribution is 0.887. The number of nitrogen functional groups attached to an aromatic ring is 1. The maximum absolute atomic E-state index is 12.9. The summed E-state index contributed by atoms with van der Waals surface area (Å²) in [4.78, 5) is 21.7. The zero-order chi connectivity index (χ0) is 19.0. The van der Waals surface area contributed by atoms with E-state index in [1.54, 1.807) is 37.5 Å². The first-order chi connectivity index (χ1) is 13.0. The molecule has 0 spiro atoms. The van der Waals surface area contributed by atoms with Crippen molar-refractivity contribution in [3.8, 4) is 11.1 Å². The van der Waals surface area contributed by atoms with Crippen molar-refractivity contribution in [2.45, 2.75) is 0 Å². The van der Waals surface area contributed by atoms with Crippen LogP contribution in [0.25, 0.3) is 22.2 Å². The van der Waals surface area contributed by atoms with Crippen molar-refractivity contribution >= 4 is 40.0 Å². The van der Waals surface area contributed by atoms with Gasteiger partial charge >= 0.3 is 0 Å². The van der Waals surface area contributed by atoms with E-state index in [0.29, 0.717) is 33.4 Å². The quantitative estimate of drug-likeness (QED) is 0.527. The first-order valence-electron chi connectivity index (χ1n) is 8.27. The average molecular weight is 378 g/mol. The van der Waals surface area contributed by atoms with E-state index < -0.39 is 0 Å². The average Bonchev–Trinajstić information content (AvgIpc) is 2.66. The van der Waals surface area contributed by atoms with Crippen LogP contribution in [0.5, 0.6) is 0 Å². The van der Waals surface area contributed by atoms with Gasteiger partial charge in [-0.25, -0.2) is 4.98 Å². The molecule has 4 rings (SSSR count). The molecule has 7 heteroatoms. The number of benzene rings is 2. The Labute approximate surface area is 160 Å². The molecular weight excluding hydrogens is 362 g/mol. The molecule has 0 saturated heterocycles. The van der Waals surface area contributed by atoms with Crippen LogP contribution in [0.2, 0.25) is 5.02 Å². The molecule has 0 fully saturated rings. The maximum Gasteiger partial charge on any atom is 0.259 e. The molecule has 27 heavy (non-hydrogen) atoms. The molecule has 134 valence electrons. The summed E-state index contributed by atoms with van der Waals surface area (Å²) in [6, 6.07) is 16.3. The number of aromatic nitrogens is 3. The van der Waals surface area contributed by atoms with Crippen molar-refractivity contribution in [2.24, 2.45) is 7.05 Å². The number of pyridine rings is 1. The summed E-state index contributed by atoms with van der Waals surface area (Å²) >= 11 is 6.26. The van der Waals surface area contributed by atoms with Crippen LogP contribution in [-0.2, 0) is 7.05 Å². The van der Waals surface area contributed by atoms with Gasteiger partial charge in [0.05, 0.1) is 0 Å². The van der Waals surface area contributed by atoms with Crippen molar-refractivity contribution in [1.29, 1.82) is 0 Å². The van der Waals surface area contributed by atoms with E-state index in [9.17, 15) is 4.79 Å². The van der Waals surface area contributed by atoms with E-state index in [-0.39, 0.29) is 5.56 Å². The molecule has 0 bridgehead atoms. The maximum atomic E-state index is 12.9. The van der Waals surface area contributed by atoms with Gasteiger partial charge in [0.15, 0.2) is 0 Å². The van der Waals surface area contributed by atoms with E-state index in [0.717, 1.165) is 11.1 Å². The molecule has 0 unspecified atom stereocenters. The molecule has 0 aliphatic rings. The lowest BCUT2D eigenvalue weighted by Gasteiger charge is -2.11. The number of hydrogen-bond donors (Lipinski definition) is 2. The summed E-state index contributed by atoms with van der Waals surface area (Å²) in [5.41, 5.74) is 8.74. The van der Waals surface area contributed by atoms with Crippen LogP contribution in [0.4, 0.5) is 17.3 Å². The highest BCUT2D eigenvalue weighted by atomic mass is 35.5. The Morgan fingerprint density at radius 3 is 2.67 bits per heavy atom. The number of halogens is 1. The lowest BCUT2D eigenvalue weighted by atomic mass is 10.1. The fourth-order valence-corrected chi connectivity index (χ4v) is 3.16. The Hall–Kier alpha value is -3.38. The second kappa shape index (κ2) is 6.74. The van der Waals surface area contributed by atoms with Crippen LogP contribution in [0, 0.1) is 0 Å². The van der Waals surface area contributed by atoms with E-state index >= 15 is 0 Å². The second-order valence-corrected chi connectivity index (χ2v) is 6.53. The zero-order valence-corrected chi connectivity index (χ0v) is 15.2. The summed E-state index contributed by atoms with van der Waals surface area (Å²) in [5, 5.41) is 4.36. The predicted molar refractivity (Wildman–Crippen MR) is 109 cm³/mol. The Kier molecular flexibility index (Phi) is 4.25. The van der Waals surface area contributed by atoms with Gasteiger partial charge in [-0.2, -0.15) is 4.98 Å². The summed E-state index contributed by atoms with van der Waals surface area (Å²) in [7, 11) is 1.68. The topological polar surface area (TPSA) is 85.8 Å². The van der Waals surface area contributed by atoms with Crippen molar-refractivity contribution < 1.29 is 0 Å². The molecule has 0 aliphatic carbocycles. The SMILES string of the molecule is Cn1c(=O)c(-c2ccccc2Cl)cc2cnc(Nc3cccc(N)c3)nc21. The number of rotatable bonds is 3. The van der Waals surface area contributed by atoms with Gasteiger partial charge < -0.3 is 11.1 Å². The summed E-state index contributed by atoms with van der Waals surface area (Å²) in [6.07, 6.45) is 1.68. The fourth-order valence-electron chi connectivity index (χ4n) is 2.93. The first-order valence-corrected chi connectivity index (χ1v) is 8.65. The Balaban J connectivity index is 1.82. The highest BCUT2D eigenvalue weighted by Gasteiger charge is 2.13. The molecule has 3 N–H and O–H groups in total. The molecule has 4 aromatic rings. The van der Waals surface area contributed by atoms with Crippen LogP contribution in [0.15, 0.2) is 65.6 Å². The van der Waals surface area contributed by atoms with E-state index in [1.165, 1.54) is 4.57 Å². The van der Waals surface area contributed by atoms with Crippen LogP contribution < -0.4 is 16.6 Å². The largest absolute Gasteiger partial charge is 0.399 e. The van der Waals surface area contributed by atoms with Crippen LogP contribution in [-0.4, -0.2) is 14.5 Å². The zero-order valence-electron chi connectivity index (χ0n) is 14.5.